The molecule has 0 aliphatic heterocycles. The van der Waals surface area contributed by atoms with Crippen LogP contribution in [0.4, 0.5) is 8.78 Å². The molecule has 0 fully saturated rings. The number of hydrogen-bond acceptors (Lipinski definition) is 5. The number of aromatic nitrogens is 4. The van der Waals surface area contributed by atoms with Gasteiger partial charge in [0.25, 0.3) is 0 Å². The first kappa shape index (κ1) is 18.8. The minimum atomic E-state index is -2.91. The third-order valence-corrected chi connectivity index (χ3v) is 4.06. The number of rotatable bonds is 7. The van der Waals surface area contributed by atoms with Gasteiger partial charge in [0.05, 0.1) is 13.7 Å². The van der Waals surface area contributed by atoms with Crippen LogP contribution in [0.3, 0.4) is 0 Å². The summed E-state index contributed by atoms with van der Waals surface area (Å²) >= 11 is 0. The number of hydrogen-bond donors (Lipinski definition) is 0. The molecule has 0 bridgehead atoms. The van der Waals surface area contributed by atoms with Crippen LogP contribution in [0.15, 0.2) is 42.5 Å². The number of halogens is 2. The summed E-state index contributed by atoms with van der Waals surface area (Å²) in [7, 11) is 1.39. The summed E-state index contributed by atoms with van der Waals surface area (Å²) < 4.78 is 34.3. The Morgan fingerprint density at radius 2 is 1.78 bits per heavy atom. The van der Waals surface area contributed by atoms with Crippen LogP contribution in [0.1, 0.15) is 30.9 Å². The highest BCUT2D eigenvalue weighted by Gasteiger charge is 2.12. The molecule has 0 aliphatic carbocycles. The number of nitrogens with zero attached hydrogens (tertiary/aromatic N) is 4. The Morgan fingerprint density at radius 1 is 1.04 bits per heavy atom. The lowest BCUT2D eigenvalue weighted by molar-refractivity contribution is -0.0512. The second kappa shape index (κ2) is 8.11. The molecule has 2 aromatic carbocycles. The van der Waals surface area contributed by atoms with Crippen LogP contribution < -0.4 is 9.47 Å². The van der Waals surface area contributed by atoms with E-state index < -0.39 is 6.61 Å². The lowest BCUT2D eigenvalue weighted by Crippen LogP contribution is -2.06. The molecule has 0 spiro atoms. The lowest BCUT2D eigenvalue weighted by atomic mass is 10.0. The van der Waals surface area contributed by atoms with E-state index in [9.17, 15) is 8.78 Å². The van der Waals surface area contributed by atoms with Crippen LogP contribution in [-0.4, -0.2) is 33.9 Å². The van der Waals surface area contributed by atoms with Gasteiger partial charge in [0.2, 0.25) is 5.82 Å². The summed E-state index contributed by atoms with van der Waals surface area (Å²) in [6.07, 6.45) is 0. The molecular weight excluding hydrogens is 354 g/mol. The van der Waals surface area contributed by atoms with Gasteiger partial charge in [0.1, 0.15) is 0 Å². The number of methoxy groups -OCH3 is 1. The van der Waals surface area contributed by atoms with Gasteiger partial charge in [0, 0.05) is 5.56 Å². The van der Waals surface area contributed by atoms with Gasteiger partial charge in [-0.3, -0.25) is 0 Å². The average Bonchev–Trinajstić information content (AvgIpc) is 3.11. The van der Waals surface area contributed by atoms with Crippen molar-refractivity contribution in [1.29, 1.82) is 0 Å². The predicted molar refractivity (Wildman–Crippen MR) is 96.1 cm³/mol. The van der Waals surface area contributed by atoms with E-state index in [2.05, 4.69) is 34.0 Å². The maximum absolute atomic E-state index is 12.4. The monoisotopic (exact) mass is 374 g/mol. The highest BCUT2D eigenvalue weighted by molar-refractivity contribution is 5.54. The lowest BCUT2D eigenvalue weighted by Gasteiger charge is -2.11. The minimum absolute atomic E-state index is 0.0197. The van der Waals surface area contributed by atoms with Crippen LogP contribution in [0.25, 0.3) is 11.4 Å². The standard InChI is InChI=1S/C19H20F2N4O2/c1-12(2)14-5-7-15(8-6-14)18-22-24-25(23-18)11-13-4-9-16(27-19(20)21)17(10-13)26-3/h4-10,12,19H,11H2,1-3H3. The van der Waals surface area contributed by atoms with Gasteiger partial charge in [0.15, 0.2) is 11.5 Å². The molecule has 0 unspecified atom stereocenters. The molecule has 0 aliphatic rings. The molecule has 1 aromatic heterocycles. The minimum Gasteiger partial charge on any atom is -0.493 e. The molecule has 0 amide bonds. The van der Waals surface area contributed by atoms with Crippen molar-refractivity contribution < 1.29 is 18.3 Å². The largest absolute Gasteiger partial charge is 0.493 e. The first-order valence-electron chi connectivity index (χ1n) is 8.46. The van der Waals surface area contributed by atoms with E-state index in [1.54, 1.807) is 12.1 Å². The molecular formula is C19H20F2N4O2. The fourth-order valence-electron chi connectivity index (χ4n) is 2.61. The van der Waals surface area contributed by atoms with Crippen LogP contribution in [0, 0.1) is 0 Å². The number of tetrazole rings is 1. The molecule has 6 nitrogen and oxygen atoms in total. The van der Waals surface area contributed by atoms with Crippen molar-refractivity contribution >= 4 is 0 Å². The SMILES string of the molecule is COc1cc(Cn2nnc(-c3ccc(C(C)C)cc3)n2)ccc1OC(F)F. The van der Waals surface area contributed by atoms with Crippen LogP contribution in [-0.2, 0) is 6.54 Å². The Kier molecular flexibility index (Phi) is 5.63. The van der Waals surface area contributed by atoms with E-state index in [4.69, 9.17) is 4.74 Å². The normalized spacial score (nSPS) is 11.2. The van der Waals surface area contributed by atoms with E-state index in [1.165, 1.54) is 23.5 Å². The van der Waals surface area contributed by atoms with Crippen LogP contribution in [0.2, 0.25) is 0 Å². The number of ether oxygens (including phenoxy) is 2. The third-order valence-electron chi connectivity index (χ3n) is 4.06. The Balaban J connectivity index is 1.75. The second-order valence-corrected chi connectivity index (χ2v) is 6.28. The first-order chi connectivity index (χ1) is 13.0. The second-order valence-electron chi connectivity index (χ2n) is 6.28. The van der Waals surface area contributed by atoms with Crippen molar-refractivity contribution in [3.05, 3.63) is 53.6 Å². The Morgan fingerprint density at radius 3 is 2.41 bits per heavy atom. The fraction of sp³-hybridized carbons (Fsp3) is 0.316. The highest BCUT2D eigenvalue weighted by atomic mass is 19.3. The number of alkyl halides is 2. The van der Waals surface area contributed by atoms with Crippen molar-refractivity contribution in [2.45, 2.75) is 32.9 Å². The smallest absolute Gasteiger partial charge is 0.387 e. The molecule has 27 heavy (non-hydrogen) atoms. The van der Waals surface area contributed by atoms with E-state index in [0.717, 1.165) is 11.1 Å². The first-order valence-corrected chi connectivity index (χ1v) is 8.46. The summed E-state index contributed by atoms with van der Waals surface area (Å²) in [5, 5.41) is 12.5. The van der Waals surface area contributed by atoms with Gasteiger partial charge in [-0.2, -0.15) is 13.6 Å². The quantitative estimate of drug-likeness (QED) is 0.622. The van der Waals surface area contributed by atoms with Gasteiger partial charge in [-0.25, -0.2) is 0 Å². The molecule has 1 heterocycles. The summed E-state index contributed by atoms with van der Waals surface area (Å²) in [5.74, 6) is 1.18. The Hall–Kier alpha value is -3.03. The molecule has 0 saturated heterocycles. The van der Waals surface area contributed by atoms with Gasteiger partial charge >= 0.3 is 6.61 Å². The predicted octanol–water partition coefficient (Wildman–Crippen LogP) is 4.12. The van der Waals surface area contributed by atoms with Gasteiger partial charge < -0.3 is 9.47 Å². The van der Waals surface area contributed by atoms with Crippen molar-refractivity contribution in [3.63, 3.8) is 0 Å². The zero-order chi connectivity index (χ0) is 19.4. The van der Waals surface area contributed by atoms with E-state index in [-0.39, 0.29) is 11.5 Å². The third kappa shape index (κ3) is 4.58. The number of benzene rings is 2. The average molecular weight is 374 g/mol. The fourth-order valence-corrected chi connectivity index (χ4v) is 2.61. The van der Waals surface area contributed by atoms with Gasteiger partial charge in [-0.1, -0.05) is 44.2 Å². The molecule has 3 aromatic rings. The Bertz CT molecular complexity index is 895. The summed E-state index contributed by atoms with van der Waals surface area (Å²) in [4.78, 5) is 1.44. The molecule has 0 saturated carbocycles. The molecule has 0 radical (unpaired) electrons. The topological polar surface area (TPSA) is 62.1 Å². The van der Waals surface area contributed by atoms with Gasteiger partial charge in [-0.15, -0.1) is 10.2 Å². The van der Waals surface area contributed by atoms with E-state index >= 15 is 0 Å². The zero-order valence-electron chi connectivity index (χ0n) is 15.3. The zero-order valence-corrected chi connectivity index (χ0v) is 15.3. The molecule has 0 N–H and O–H groups in total. The molecule has 0 atom stereocenters. The van der Waals surface area contributed by atoms with E-state index in [0.29, 0.717) is 18.3 Å². The van der Waals surface area contributed by atoms with Crippen molar-refractivity contribution in [3.8, 4) is 22.9 Å². The van der Waals surface area contributed by atoms with Crippen LogP contribution in [0.5, 0.6) is 11.5 Å². The van der Waals surface area contributed by atoms with Crippen molar-refractivity contribution in [2.24, 2.45) is 0 Å². The molecule has 8 heteroatoms. The summed E-state index contributed by atoms with van der Waals surface area (Å²) in [5.41, 5.74) is 2.89. The highest BCUT2D eigenvalue weighted by Crippen LogP contribution is 2.29. The van der Waals surface area contributed by atoms with Crippen LogP contribution >= 0.6 is 0 Å². The van der Waals surface area contributed by atoms with Gasteiger partial charge in [-0.05, 0) is 34.4 Å². The maximum atomic E-state index is 12.4. The molecule has 3 rings (SSSR count). The van der Waals surface area contributed by atoms with E-state index in [1.807, 2.05) is 24.3 Å². The summed E-state index contributed by atoms with van der Waals surface area (Å²) in [6.45, 7) is 1.68. The van der Waals surface area contributed by atoms with Crippen molar-refractivity contribution in [1.82, 2.24) is 20.2 Å². The Labute approximate surface area is 155 Å². The molecule has 142 valence electrons. The summed E-state index contributed by atoms with van der Waals surface area (Å²) in [6, 6.07) is 12.7. The maximum Gasteiger partial charge on any atom is 0.387 e. The van der Waals surface area contributed by atoms with Crippen molar-refractivity contribution in [2.75, 3.05) is 7.11 Å².